The molecule has 0 aromatic rings. The van der Waals surface area contributed by atoms with Gasteiger partial charge in [-0.2, -0.15) is 5.26 Å². The lowest BCUT2D eigenvalue weighted by Gasteiger charge is -2.37. The third-order valence-corrected chi connectivity index (χ3v) is 5.11. The summed E-state index contributed by atoms with van der Waals surface area (Å²) in [6.45, 7) is 8.76. The molecule has 16 heavy (non-hydrogen) atoms. The quantitative estimate of drug-likeness (QED) is 0.739. The van der Waals surface area contributed by atoms with E-state index in [0.29, 0.717) is 17.8 Å². The third-order valence-electron chi connectivity index (χ3n) is 5.11. The maximum Gasteiger partial charge on any atom is 0.0868 e. The van der Waals surface area contributed by atoms with Crippen LogP contribution in [0.1, 0.15) is 47.0 Å². The molecule has 2 heteroatoms. The topological polar surface area (TPSA) is 44.0 Å². The Kier molecular flexibility index (Phi) is 2.58. The van der Waals surface area contributed by atoms with Gasteiger partial charge in [-0.3, -0.25) is 0 Å². The molecule has 2 saturated carbocycles. The van der Waals surface area contributed by atoms with E-state index in [1.807, 2.05) is 0 Å². The average molecular weight is 221 g/mol. The first-order valence-electron chi connectivity index (χ1n) is 6.46. The lowest BCUT2D eigenvalue weighted by molar-refractivity contribution is -0.0653. The Hall–Kier alpha value is -0.550. The van der Waals surface area contributed by atoms with Crippen LogP contribution >= 0.6 is 0 Å². The molecule has 2 aliphatic carbocycles. The Morgan fingerprint density at radius 2 is 1.94 bits per heavy atom. The Morgan fingerprint density at radius 1 is 1.31 bits per heavy atom. The summed E-state index contributed by atoms with van der Waals surface area (Å²) in [5, 5.41) is 20.3. The summed E-state index contributed by atoms with van der Waals surface area (Å²) in [5.41, 5.74) is -0.592. The van der Waals surface area contributed by atoms with Crippen molar-refractivity contribution in [2.45, 2.75) is 52.6 Å². The number of aliphatic hydroxyl groups is 1. The van der Waals surface area contributed by atoms with Crippen molar-refractivity contribution in [3.8, 4) is 6.07 Å². The van der Waals surface area contributed by atoms with Crippen molar-refractivity contribution in [1.82, 2.24) is 0 Å². The van der Waals surface area contributed by atoms with Crippen molar-refractivity contribution >= 4 is 0 Å². The van der Waals surface area contributed by atoms with Gasteiger partial charge in [-0.1, -0.05) is 27.7 Å². The maximum absolute atomic E-state index is 11.0. The Bertz CT molecular complexity index is 328. The number of nitriles is 1. The van der Waals surface area contributed by atoms with Crippen LogP contribution in [0.2, 0.25) is 0 Å². The minimum absolute atomic E-state index is 0.124. The number of nitrogens with zero attached hydrogens (tertiary/aromatic N) is 1. The molecule has 0 bridgehead atoms. The Labute approximate surface area is 98.7 Å². The molecule has 0 radical (unpaired) electrons. The Morgan fingerprint density at radius 3 is 2.44 bits per heavy atom. The van der Waals surface area contributed by atoms with E-state index in [-0.39, 0.29) is 11.3 Å². The molecule has 0 aliphatic heterocycles. The van der Waals surface area contributed by atoms with Crippen LogP contribution in [-0.2, 0) is 0 Å². The van der Waals surface area contributed by atoms with E-state index in [4.69, 9.17) is 0 Å². The number of rotatable bonds is 1. The highest BCUT2D eigenvalue weighted by Gasteiger charge is 2.64. The van der Waals surface area contributed by atoms with Crippen LogP contribution in [0.3, 0.4) is 0 Å². The van der Waals surface area contributed by atoms with Crippen LogP contribution in [0.4, 0.5) is 0 Å². The van der Waals surface area contributed by atoms with E-state index in [1.54, 1.807) is 0 Å². The van der Waals surface area contributed by atoms with Gasteiger partial charge in [-0.25, -0.2) is 0 Å². The molecular weight excluding hydrogens is 198 g/mol. The highest BCUT2D eigenvalue weighted by atomic mass is 16.3. The van der Waals surface area contributed by atoms with Crippen molar-refractivity contribution in [2.75, 3.05) is 0 Å². The van der Waals surface area contributed by atoms with Gasteiger partial charge in [-0.05, 0) is 42.4 Å². The van der Waals surface area contributed by atoms with Crippen LogP contribution in [0.15, 0.2) is 0 Å². The summed E-state index contributed by atoms with van der Waals surface area (Å²) in [5.74, 6) is 0.933. The SMILES string of the molecule is CC(C)[C@H]1CC[C@H]2C(C)(C)C[C@H](C#N)[C@@]12O. The second-order valence-electron chi connectivity index (χ2n) is 6.74. The molecule has 2 rings (SSSR count). The number of fused-ring (bicyclic) bond motifs is 1. The molecule has 0 spiro atoms. The van der Waals surface area contributed by atoms with E-state index in [2.05, 4.69) is 33.8 Å². The van der Waals surface area contributed by atoms with Gasteiger partial charge in [0.25, 0.3) is 0 Å². The van der Waals surface area contributed by atoms with Crippen LogP contribution in [0, 0.1) is 40.4 Å². The predicted octanol–water partition coefficient (Wildman–Crippen LogP) is 2.97. The van der Waals surface area contributed by atoms with Crippen LogP contribution in [0.25, 0.3) is 0 Å². The van der Waals surface area contributed by atoms with Gasteiger partial charge in [0, 0.05) is 0 Å². The first-order chi connectivity index (χ1) is 7.34. The third kappa shape index (κ3) is 1.34. The summed E-state index contributed by atoms with van der Waals surface area (Å²) in [4.78, 5) is 0. The van der Waals surface area contributed by atoms with E-state index >= 15 is 0 Å². The van der Waals surface area contributed by atoms with Crippen LogP contribution < -0.4 is 0 Å². The van der Waals surface area contributed by atoms with Gasteiger partial charge < -0.3 is 5.11 Å². The molecule has 90 valence electrons. The first-order valence-corrected chi connectivity index (χ1v) is 6.46. The molecule has 0 aromatic carbocycles. The predicted molar refractivity (Wildman–Crippen MR) is 63.5 cm³/mol. The summed E-state index contributed by atoms with van der Waals surface area (Å²) in [6, 6.07) is 2.37. The summed E-state index contributed by atoms with van der Waals surface area (Å²) in [6.07, 6.45) is 3.03. The standard InChI is InChI=1S/C14H23NO/c1-9(2)11-5-6-12-13(3,4)7-10(8-15)14(11,12)16/h9-12,16H,5-7H2,1-4H3/t10-,11-,12+,14-/m1/s1. The van der Waals surface area contributed by atoms with Crippen LogP contribution in [-0.4, -0.2) is 10.7 Å². The minimum atomic E-state index is -0.716. The number of hydrogen-bond acceptors (Lipinski definition) is 2. The van der Waals surface area contributed by atoms with E-state index in [0.717, 1.165) is 19.3 Å². The zero-order chi connectivity index (χ0) is 12.1. The summed E-state index contributed by atoms with van der Waals surface area (Å²) >= 11 is 0. The molecule has 2 nitrogen and oxygen atoms in total. The van der Waals surface area contributed by atoms with Crippen molar-refractivity contribution in [1.29, 1.82) is 5.26 Å². The highest BCUT2D eigenvalue weighted by molar-refractivity contribution is 5.18. The fraction of sp³-hybridized carbons (Fsp3) is 0.929. The van der Waals surface area contributed by atoms with Crippen LogP contribution in [0.5, 0.6) is 0 Å². The van der Waals surface area contributed by atoms with E-state index in [1.165, 1.54) is 0 Å². The van der Waals surface area contributed by atoms with Gasteiger partial charge in [-0.15, -0.1) is 0 Å². The molecule has 2 aliphatic rings. The van der Waals surface area contributed by atoms with Crippen molar-refractivity contribution < 1.29 is 5.11 Å². The van der Waals surface area contributed by atoms with Gasteiger partial charge >= 0.3 is 0 Å². The minimum Gasteiger partial charge on any atom is -0.388 e. The van der Waals surface area contributed by atoms with Crippen molar-refractivity contribution in [3.63, 3.8) is 0 Å². The molecular formula is C14H23NO. The molecule has 0 aromatic heterocycles. The molecule has 0 heterocycles. The maximum atomic E-state index is 11.0. The van der Waals surface area contributed by atoms with Gasteiger partial charge in [0.15, 0.2) is 0 Å². The second kappa shape index (κ2) is 3.47. The van der Waals surface area contributed by atoms with Gasteiger partial charge in [0.1, 0.15) is 0 Å². The summed E-state index contributed by atoms with van der Waals surface area (Å²) in [7, 11) is 0. The summed E-state index contributed by atoms with van der Waals surface area (Å²) < 4.78 is 0. The molecule has 2 fully saturated rings. The fourth-order valence-electron chi connectivity index (χ4n) is 4.43. The monoisotopic (exact) mass is 221 g/mol. The first kappa shape index (κ1) is 11.9. The second-order valence-corrected chi connectivity index (χ2v) is 6.74. The van der Waals surface area contributed by atoms with E-state index in [9.17, 15) is 10.4 Å². The smallest absolute Gasteiger partial charge is 0.0868 e. The largest absolute Gasteiger partial charge is 0.388 e. The average Bonchev–Trinajstić information content (AvgIpc) is 2.61. The lowest BCUT2D eigenvalue weighted by Crippen LogP contribution is -2.45. The van der Waals surface area contributed by atoms with Gasteiger partial charge in [0.05, 0.1) is 17.6 Å². The molecule has 0 unspecified atom stereocenters. The molecule has 0 saturated heterocycles. The zero-order valence-electron chi connectivity index (χ0n) is 10.8. The molecule has 4 atom stereocenters. The lowest BCUT2D eigenvalue weighted by atomic mass is 9.73. The van der Waals surface area contributed by atoms with Crippen molar-refractivity contribution in [2.24, 2.45) is 29.1 Å². The normalized spacial score (nSPS) is 45.7. The Balaban J connectivity index is 2.41. The molecule has 0 amide bonds. The zero-order valence-corrected chi connectivity index (χ0v) is 10.8. The fourth-order valence-corrected chi connectivity index (χ4v) is 4.43. The molecule has 1 N–H and O–H groups in total. The highest BCUT2D eigenvalue weighted by Crippen LogP contribution is 2.62. The van der Waals surface area contributed by atoms with Gasteiger partial charge in [0.2, 0.25) is 0 Å². The number of hydrogen-bond donors (Lipinski definition) is 1. The van der Waals surface area contributed by atoms with Crippen molar-refractivity contribution in [3.05, 3.63) is 0 Å². The van der Waals surface area contributed by atoms with E-state index < -0.39 is 5.60 Å².